The second kappa shape index (κ2) is 8.10. The van der Waals surface area contributed by atoms with Crippen LogP contribution in [0.3, 0.4) is 0 Å². The van der Waals surface area contributed by atoms with Gasteiger partial charge in [-0.15, -0.1) is 11.3 Å². The Morgan fingerprint density at radius 2 is 2.11 bits per heavy atom. The Morgan fingerprint density at radius 3 is 2.74 bits per heavy atom. The number of thiazole rings is 1. The van der Waals surface area contributed by atoms with Gasteiger partial charge >= 0.3 is 0 Å². The van der Waals surface area contributed by atoms with E-state index in [4.69, 9.17) is 0 Å². The summed E-state index contributed by atoms with van der Waals surface area (Å²) in [5.41, 5.74) is 0.648. The van der Waals surface area contributed by atoms with E-state index < -0.39 is 17.5 Å². The predicted molar refractivity (Wildman–Crippen MR) is 97.9 cm³/mol. The van der Waals surface area contributed by atoms with Crippen molar-refractivity contribution in [1.82, 2.24) is 10.3 Å². The first-order chi connectivity index (χ1) is 12.8. The number of hydrogen-bond acceptors (Lipinski definition) is 4. The van der Waals surface area contributed by atoms with Gasteiger partial charge in [-0.05, 0) is 25.0 Å². The summed E-state index contributed by atoms with van der Waals surface area (Å²) in [5.74, 6) is -1.97. The third kappa shape index (κ3) is 5.08. The lowest BCUT2D eigenvalue weighted by Gasteiger charge is -2.18. The van der Waals surface area contributed by atoms with Crippen molar-refractivity contribution in [2.45, 2.75) is 32.4 Å². The fourth-order valence-electron chi connectivity index (χ4n) is 2.70. The highest BCUT2D eigenvalue weighted by Crippen LogP contribution is 2.31. The molecule has 1 heterocycles. The number of halogens is 2. The Labute approximate surface area is 159 Å². The summed E-state index contributed by atoms with van der Waals surface area (Å²) in [6.07, 6.45) is 2.09. The number of amides is 2. The molecule has 1 saturated carbocycles. The van der Waals surface area contributed by atoms with Crippen molar-refractivity contribution in [3.8, 4) is 0 Å². The highest BCUT2D eigenvalue weighted by Gasteiger charge is 2.25. The summed E-state index contributed by atoms with van der Waals surface area (Å²) >= 11 is 1.19. The molecule has 27 heavy (non-hydrogen) atoms. The fraction of sp³-hybridized carbons (Fsp3) is 0.389. The summed E-state index contributed by atoms with van der Waals surface area (Å²) in [7, 11) is 1.88. The lowest BCUT2D eigenvalue weighted by Crippen LogP contribution is -3.09. The molecule has 1 atom stereocenters. The molecule has 1 aliphatic carbocycles. The first-order valence-corrected chi connectivity index (χ1v) is 9.52. The van der Waals surface area contributed by atoms with Crippen molar-refractivity contribution >= 4 is 34.0 Å². The van der Waals surface area contributed by atoms with E-state index in [1.807, 2.05) is 7.05 Å². The molecular formula is C18H21F2N4O2S+. The molecule has 0 bridgehead atoms. The molecule has 1 fully saturated rings. The quantitative estimate of drug-likeness (QED) is 0.745. The number of rotatable bonds is 7. The number of aromatic nitrogens is 1. The van der Waals surface area contributed by atoms with Crippen LogP contribution in [0.2, 0.25) is 0 Å². The topological polar surface area (TPSA) is 66.7 Å². The molecule has 2 amide bonds. The standard InChI is InChI=1S/C18H20F2N4O2S/c1-11(25)24(16-6-3-12(19)7-15(16)20)18-22-14(10-27-18)8-23(2)9-17(26)21-13-4-5-13/h3,6-7,10,13H,4-5,8-9H2,1-2H3,(H,21,26)/p+1. The van der Waals surface area contributed by atoms with Gasteiger partial charge in [-0.2, -0.15) is 0 Å². The maximum absolute atomic E-state index is 14.1. The average molecular weight is 395 g/mol. The summed E-state index contributed by atoms with van der Waals surface area (Å²) in [6, 6.07) is 3.37. The molecule has 2 N–H and O–H groups in total. The maximum Gasteiger partial charge on any atom is 0.275 e. The lowest BCUT2D eigenvalue weighted by molar-refractivity contribution is -0.885. The molecule has 1 aliphatic rings. The third-order valence-electron chi connectivity index (χ3n) is 4.08. The molecule has 3 rings (SSSR count). The van der Waals surface area contributed by atoms with E-state index in [9.17, 15) is 18.4 Å². The van der Waals surface area contributed by atoms with E-state index in [-0.39, 0.29) is 11.6 Å². The Balaban J connectivity index is 1.70. The van der Waals surface area contributed by atoms with Crippen LogP contribution in [0.5, 0.6) is 0 Å². The number of hydrogen-bond donors (Lipinski definition) is 2. The minimum atomic E-state index is -0.832. The summed E-state index contributed by atoms with van der Waals surface area (Å²) in [5, 5.41) is 5.02. The molecule has 144 valence electrons. The van der Waals surface area contributed by atoms with Crippen LogP contribution in [0.25, 0.3) is 0 Å². The molecule has 1 aromatic carbocycles. The lowest BCUT2D eigenvalue weighted by atomic mass is 10.2. The van der Waals surface area contributed by atoms with Gasteiger partial charge in [0.2, 0.25) is 5.91 Å². The van der Waals surface area contributed by atoms with Gasteiger partial charge in [-0.25, -0.2) is 13.8 Å². The van der Waals surface area contributed by atoms with Gasteiger partial charge in [0.1, 0.15) is 23.9 Å². The number of nitrogens with zero attached hydrogens (tertiary/aromatic N) is 2. The Kier molecular flexibility index (Phi) is 5.81. The zero-order valence-corrected chi connectivity index (χ0v) is 15.9. The van der Waals surface area contributed by atoms with Gasteiger partial charge in [0.05, 0.1) is 12.7 Å². The molecule has 0 spiro atoms. The molecule has 1 aromatic heterocycles. The Hall–Kier alpha value is -2.39. The van der Waals surface area contributed by atoms with E-state index in [1.165, 1.54) is 24.3 Å². The van der Waals surface area contributed by atoms with Gasteiger partial charge in [-0.1, -0.05) is 0 Å². The van der Waals surface area contributed by atoms with Crippen molar-refractivity contribution in [3.05, 3.63) is 40.9 Å². The minimum absolute atomic E-state index is 0.00389. The zero-order chi connectivity index (χ0) is 19.6. The van der Waals surface area contributed by atoms with Crippen molar-refractivity contribution in [3.63, 3.8) is 0 Å². The monoisotopic (exact) mass is 395 g/mol. The molecule has 0 saturated heterocycles. The van der Waals surface area contributed by atoms with Crippen molar-refractivity contribution in [1.29, 1.82) is 0 Å². The van der Waals surface area contributed by atoms with Crippen LogP contribution in [0, 0.1) is 11.6 Å². The molecule has 0 aliphatic heterocycles. The van der Waals surface area contributed by atoms with Crippen LogP contribution in [-0.4, -0.2) is 36.4 Å². The predicted octanol–water partition coefficient (Wildman–Crippen LogP) is 1.40. The van der Waals surface area contributed by atoms with Crippen molar-refractivity contribution < 1.29 is 23.3 Å². The Morgan fingerprint density at radius 1 is 1.37 bits per heavy atom. The third-order valence-corrected chi connectivity index (χ3v) is 4.96. The zero-order valence-electron chi connectivity index (χ0n) is 15.1. The molecular weight excluding hydrogens is 374 g/mol. The molecule has 0 radical (unpaired) electrons. The number of nitrogens with one attached hydrogen (secondary N) is 2. The van der Waals surface area contributed by atoms with E-state index >= 15 is 0 Å². The van der Waals surface area contributed by atoms with Crippen LogP contribution in [0.1, 0.15) is 25.5 Å². The fourth-order valence-corrected chi connectivity index (χ4v) is 3.58. The number of benzene rings is 1. The number of likely N-dealkylation sites (N-methyl/N-ethyl adjacent to an activating group) is 1. The van der Waals surface area contributed by atoms with Crippen LogP contribution in [0.15, 0.2) is 23.6 Å². The summed E-state index contributed by atoms with van der Waals surface area (Å²) in [4.78, 5) is 30.4. The van der Waals surface area contributed by atoms with Gasteiger partial charge in [0, 0.05) is 24.4 Å². The van der Waals surface area contributed by atoms with Crippen LogP contribution in [-0.2, 0) is 16.1 Å². The average Bonchev–Trinajstić information content (AvgIpc) is 3.26. The van der Waals surface area contributed by atoms with E-state index in [1.54, 1.807) is 5.38 Å². The van der Waals surface area contributed by atoms with Crippen molar-refractivity contribution in [2.24, 2.45) is 0 Å². The normalized spacial score (nSPS) is 14.7. The molecule has 9 heteroatoms. The smallest absolute Gasteiger partial charge is 0.275 e. The van der Waals surface area contributed by atoms with Crippen molar-refractivity contribution in [2.75, 3.05) is 18.5 Å². The second-order valence-corrected chi connectivity index (χ2v) is 7.56. The van der Waals surface area contributed by atoms with Gasteiger partial charge in [0.25, 0.3) is 5.91 Å². The van der Waals surface area contributed by atoms with Crippen LogP contribution >= 0.6 is 11.3 Å². The number of anilines is 2. The first-order valence-electron chi connectivity index (χ1n) is 8.64. The number of carbonyl (C=O) groups excluding carboxylic acids is 2. The molecule has 2 aromatic rings. The van der Waals surface area contributed by atoms with Gasteiger partial charge in [-0.3, -0.25) is 14.5 Å². The minimum Gasteiger partial charge on any atom is -0.348 e. The Bertz CT molecular complexity index is 854. The SMILES string of the molecule is CC(=O)N(c1nc(C[NH+](C)CC(=O)NC2CC2)cs1)c1ccc(F)cc1F. The number of carbonyl (C=O) groups is 2. The van der Waals surface area contributed by atoms with E-state index in [0.717, 1.165) is 34.8 Å². The number of quaternary nitrogens is 1. The van der Waals surface area contributed by atoms with E-state index in [0.29, 0.717) is 30.0 Å². The molecule has 6 nitrogen and oxygen atoms in total. The summed E-state index contributed by atoms with van der Waals surface area (Å²) in [6.45, 7) is 2.11. The van der Waals surface area contributed by atoms with E-state index in [2.05, 4.69) is 10.3 Å². The highest BCUT2D eigenvalue weighted by atomic mass is 32.1. The van der Waals surface area contributed by atoms with Crippen LogP contribution < -0.4 is 15.1 Å². The van der Waals surface area contributed by atoms with Gasteiger partial charge in [0.15, 0.2) is 11.7 Å². The second-order valence-electron chi connectivity index (χ2n) is 6.72. The molecule has 1 unspecified atom stereocenters. The highest BCUT2D eigenvalue weighted by molar-refractivity contribution is 7.14. The largest absolute Gasteiger partial charge is 0.348 e. The summed E-state index contributed by atoms with van der Waals surface area (Å²) < 4.78 is 27.3. The van der Waals surface area contributed by atoms with Crippen LogP contribution in [0.4, 0.5) is 19.6 Å². The van der Waals surface area contributed by atoms with Gasteiger partial charge < -0.3 is 10.2 Å². The first kappa shape index (κ1) is 19.4. The maximum atomic E-state index is 14.1.